The molecule has 0 heterocycles. The van der Waals surface area contributed by atoms with Gasteiger partial charge in [0.1, 0.15) is 0 Å². The van der Waals surface area contributed by atoms with Crippen molar-refractivity contribution in [2.24, 2.45) is 0 Å². The van der Waals surface area contributed by atoms with Crippen molar-refractivity contribution in [3.8, 4) is 0 Å². The first-order chi connectivity index (χ1) is 12.9. The van der Waals surface area contributed by atoms with E-state index in [9.17, 15) is 0 Å². The first-order valence-electron chi connectivity index (χ1n) is 11.5. The summed E-state index contributed by atoms with van der Waals surface area (Å²) in [7, 11) is 0. The lowest BCUT2D eigenvalue weighted by Gasteiger charge is -2.03. The number of hydrogen-bond donors (Lipinski definition) is 0. The molecule has 26 heavy (non-hydrogen) atoms. The minimum absolute atomic E-state index is 1.03. The molecule has 1 aromatic rings. The standard InChI is InChI=1S/C26H43/c1-2-3-4-5-6-7-8-9-10-11-12-13-14-15-16-17-18-20-23-26-24-21-19-22-25-26/h18-22,24H,2-17,23H2,1H3. The third-order valence-electron chi connectivity index (χ3n) is 5.25. The van der Waals surface area contributed by atoms with Gasteiger partial charge in [0.15, 0.2) is 0 Å². The molecule has 0 saturated heterocycles. The molecule has 0 atom stereocenters. The first kappa shape index (κ1) is 23.0. The van der Waals surface area contributed by atoms with E-state index in [1.165, 1.54) is 108 Å². The van der Waals surface area contributed by atoms with Gasteiger partial charge in [-0.25, -0.2) is 0 Å². The number of allylic oxidation sites excluding steroid dienone is 2. The predicted octanol–water partition coefficient (Wildman–Crippen LogP) is 8.85. The van der Waals surface area contributed by atoms with Crippen LogP contribution in [0, 0.1) is 6.07 Å². The largest absolute Gasteiger partial charge is 0.0882 e. The molecule has 0 spiro atoms. The zero-order valence-corrected chi connectivity index (χ0v) is 17.5. The molecular weight excluding hydrogens is 312 g/mol. The van der Waals surface area contributed by atoms with Crippen molar-refractivity contribution in [2.45, 2.75) is 116 Å². The van der Waals surface area contributed by atoms with Crippen LogP contribution in [0.25, 0.3) is 0 Å². The third kappa shape index (κ3) is 15.2. The first-order valence-corrected chi connectivity index (χ1v) is 11.5. The molecule has 0 bridgehead atoms. The maximum Gasteiger partial charge on any atom is -0.00913 e. The molecule has 1 rings (SSSR count). The molecule has 0 saturated carbocycles. The van der Waals surface area contributed by atoms with Gasteiger partial charge in [0.2, 0.25) is 0 Å². The molecule has 147 valence electrons. The second-order valence-corrected chi connectivity index (χ2v) is 7.80. The smallest absolute Gasteiger partial charge is 0.00913 e. The van der Waals surface area contributed by atoms with E-state index in [4.69, 9.17) is 0 Å². The molecule has 0 heteroatoms. The van der Waals surface area contributed by atoms with Crippen LogP contribution >= 0.6 is 0 Å². The van der Waals surface area contributed by atoms with Crippen LogP contribution in [0.3, 0.4) is 0 Å². The fraction of sp³-hybridized carbons (Fsp3) is 0.692. The molecule has 0 fully saturated rings. The van der Waals surface area contributed by atoms with Crippen LogP contribution in [0.15, 0.2) is 36.4 Å². The summed E-state index contributed by atoms with van der Waals surface area (Å²) < 4.78 is 0. The van der Waals surface area contributed by atoms with Gasteiger partial charge in [0.05, 0.1) is 0 Å². The minimum atomic E-state index is 1.03. The second-order valence-electron chi connectivity index (χ2n) is 7.80. The maximum atomic E-state index is 3.27. The van der Waals surface area contributed by atoms with Gasteiger partial charge in [-0.2, -0.15) is 0 Å². The van der Waals surface area contributed by atoms with Crippen LogP contribution in [0.2, 0.25) is 0 Å². The van der Waals surface area contributed by atoms with E-state index in [1.54, 1.807) is 0 Å². The highest BCUT2D eigenvalue weighted by atomic mass is 14.0. The van der Waals surface area contributed by atoms with Crippen LogP contribution in [0.4, 0.5) is 0 Å². The lowest BCUT2D eigenvalue weighted by molar-refractivity contribution is 0.533. The molecule has 0 nitrogen and oxygen atoms in total. The Hall–Kier alpha value is -1.04. The monoisotopic (exact) mass is 355 g/mol. The summed E-state index contributed by atoms with van der Waals surface area (Å²) in [5.74, 6) is 0. The molecule has 0 aliphatic heterocycles. The topological polar surface area (TPSA) is 0 Å². The third-order valence-corrected chi connectivity index (χ3v) is 5.25. The van der Waals surface area contributed by atoms with Gasteiger partial charge in [-0.15, -0.1) is 0 Å². The lowest BCUT2D eigenvalue weighted by atomic mass is 10.0. The highest BCUT2D eigenvalue weighted by Gasteiger charge is 1.94. The Bertz CT molecular complexity index is 403. The van der Waals surface area contributed by atoms with E-state index in [0.29, 0.717) is 0 Å². The average Bonchev–Trinajstić information content (AvgIpc) is 2.68. The van der Waals surface area contributed by atoms with Crippen molar-refractivity contribution >= 4 is 0 Å². The fourth-order valence-corrected chi connectivity index (χ4v) is 3.52. The van der Waals surface area contributed by atoms with Gasteiger partial charge < -0.3 is 0 Å². The van der Waals surface area contributed by atoms with E-state index in [0.717, 1.165) is 6.42 Å². The number of rotatable bonds is 18. The van der Waals surface area contributed by atoms with Crippen molar-refractivity contribution in [2.75, 3.05) is 0 Å². The van der Waals surface area contributed by atoms with Gasteiger partial charge >= 0.3 is 0 Å². The predicted molar refractivity (Wildman–Crippen MR) is 118 cm³/mol. The molecular formula is C26H43. The van der Waals surface area contributed by atoms with Gasteiger partial charge in [-0.3, -0.25) is 0 Å². The second kappa shape index (κ2) is 18.7. The number of unbranched alkanes of at least 4 members (excludes halogenated alkanes) is 15. The number of hydrogen-bond acceptors (Lipinski definition) is 0. The Morgan fingerprint density at radius 1 is 0.654 bits per heavy atom. The van der Waals surface area contributed by atoms with E-state index >= 15 is 0 Å². The fourth-order valence-electron chi connectivity index (χ4n) is 3.52. The van der Waals surface area contributed by atoms with Gasteiger partial charge in [0.25, 0.3) is 0 Å². The molecule has 1 aromatic carbocycles. The summed E-state index contributed by atoms with van der Waals surface area (Å²) in [5.41, 5.74) is 1.29. The Labute approximate surface area is 164 Å². The molecule has 0 aromatic heterocycles. The molecule has 0 unspecified atom stereocenters. The van der Waals surface area contributed by atoms with Crippen LogP contribution in [0.1, 0.15) is 115 Å². The van der Waals surface area contributed by atoms with E-state index in [-0.39, 0.29) is 0 Å². The van der Waals surface area contributed by atoms with E-state index < -0.39 is 0 Å². The highest BCUT2D eigenvalue weighted by Crippen LogP contribution is 2.13. The van der Waals surface area contributed by atoms with Crippen molar-refractivity contribution in [3.05, 3.63) is 48.0 Å². The SMILES string of the molecule is CCCCCCCCCCCCCCCCCC=CCc1[c]cccc1. The van der Waals surface area contributed by atoms with Crippen molar-refractivity contribution in [3.63, 3.8) is 0 Å². The van der Waals surface area contributed by atoms with Gasteiger partial charge in [0, 0.05) is 0 Å². The van der Waals surface area contributed by atoms with Crippen molar-refractivity contribution in [1.29, 1.82) is 0 Å². The quantitative estimate of drug-likeness (QED) is 0.182. The molecule has 1 radical (unpaired) electrons. The molecule has 0 N–H and O–H groups in total. The van der Waals surface area contributed by atoms with Gasteiger partial charge in [-0.05, 0) is 30.9 Å². The van der Waals surface area contributed by atoms with Crippen LogP contribution in [-0.4, -0.2) is 0 Å². The lowest BCUT2D eigenvalue weighted by Crippen LogP contribution is -1.83. The van der Waals surface area contributed by atoms with Crippen LogP contribution < -0.4 is 0 Å². The summed E-state index contributed by atoms with van der Waals surface area (Å²) >= 11 is 0. The van der Waals surface area contributed by atoms with Crippen molar-refractivity contribution < 1.29 is 0 Å². The Morgan fingerprint density at radius 3 is 1.69 bits per heavy atom. The normalized spacial score (nSPS) is 11.4. The van der Waals surface area contributed by atoms with E-state index in [2.05, 4.69) is 37.3 Å². The van der Waals surface area contributed by atoms with Crippen LogP contribution in [0.5, 0.6) is 0 Å². The molecule has 0 amide bonds. The molecule has 0 aliphatic carbocycles. The highest BCUT2D eigenvalue weighted by molar-refractivity contribution is 5.15. The van der Waals surface area contributed by atoms with Crippen molar-refractivity contribution in [1.82, 2.24) is 0 Å². The zero-order chi connectivity index (χ0) is 18.5. The minimum Gasteiger partial charge on any atom is -0.0882 e. The summed E-state index contributed by atoms with van der Waals surface area (Å²) in [4.78, 5) is 0. The average molecular weight is 356 g/mol. The Morgan fingerprint density at radius 2 is 1.19 bits per heavy atom. The number of benzene rings is 1. The molecule has 0 aliphatic rings. The summed E-state index contributed by atoms with van der Waals surface area (Å²) in [6.07, 6.45) is 28.5. The maximum absolute atomic E-state index is 3.27. The zero-order valence-electron chi connectivity index (χ0n) is 17.5. The Balaban J connectivity index is 1.73. The summed E-state index contributed by atoms with van der Waals surface area (Å²) in [5, 5.41) is 0. The van der Waals surface area contributed by atoms with Crippen LogP contribution in [-0.2, 0) is 6.42 Å². The summed E-state index contributed by atoms with van der Waals surface area (Å²) in [6.45, 7) is 2.29. The van der Waals surface area contributed by atoms with Gasteiger partial charge in [-0.1, -0.05) is 133 Å². The van der Waals surface area contributed by atoms with E-state index in [1.807, 2.05) is 12.1 Å². The summed E-state index contributed by atoms with van der Waals surface area (Å²) in [6, 6.07) is 11.5. The Kier molecular flexibility index (Phi) is 16.6.